The lowest BCUT2D eigenvalue weighted by molar-refractivity contribution is -0.196. The van der Waals surface area contributed by atoms with Crippen LogP contribution in [0.4, 0.5) is 5.69 Å². The molecule has 1 aromatic carbocycles. The summed E-state index contributed by atoms with van der Waals surface area (Å²) in [7, 11) is -1.83. The Morgan fingerprint density at radius 1 is 1.06 bits per heavy atom. The summed E-state index contributed by atoms with van der Waals surface area (Å²) < 4.78 is 15.6. The van der Waals surface area contributed by atoms with Crippen LogP contribution in [0, 0.1) is 0 Å². The largest absolute Gasteiger partial charge is 0.779 e. The van der Waals surface area contributed by atoms with Gasteiger partial charge in [0.25, 0.3) is 5.91 Å². The van der Waals surface area contributed by atoms with Gasteiger partial charge in [-0.3, -0.25) is 9.59 Å². The molecule has 0 bridgehead atoms. The summed E-state index contributed by atoms with van der Waals surface area (Å²) in [5.41, 5.74) is 1.43. The summed E-state index contributed by atoms with van der Waals surface area (Å²) in [6.07, 6.45) is 6.66. The van der Waals surface area contributed by atoms with Crippen LogP contribution in [0.25, 0.3) is 0 Å². The van der Waals surface area contributed by atoms with Crippen molar-refractivity contribution in [2.24, 2.45) is 0 Å². The minimum Gasteiger partial charge on any atom is -0.779 e. The van der Waals surface area contributed by atoms with Crippen LogP contribution in [0.2, 0.25) is 0 Å². The highest BCUT2D eigenvalue weighted by atomic mass is 31.2. The predicted octanol–water partition coefficient (Wildman–Crippen LogP) is 3.28. The maximum atomic E-state index is 12.6. The van der Waals surface area contributed by atoms with Crippen LogP contribution in [-0.4, -0.2) is 44.7 Å². The van der Waals surface area contributed by atoms with Gasteiger partial charge in [0.1, 0.15) is 13.6 Å². The zero-order chi connectivity index (χ0) is 23.1. The molecule has 8 nitrogen and oxygen atoms in total. The molecule has 1 rings (SSSR count). The second kappa shape index (κ2) is 15.0. The standard InChI is InChI=1S/C22H38N3O5P/c1-4-5-8-11-20(25-21(26)18-12-14-19(23-2)15-13-18)22(27)24-16-9-6-7-10-17-30-31(3,28)29/h12-15,20,23H,4-11,16-17H2,1-3H3,(H,24,27)(H,25,26)(H,28,29)/p-1. The van der Waals surface area contributed by atoms with E-state index in [9.17, 15) is 19.0 Å². The average molecular weight is 455 g/mol. The van der Waals surface area contributed by atoms with Crippen molar-refractivity contribution in [2.45, 2.75) is 64.3 Å². The third-order valence-electron chi connectivity index (χ3n) is 4.85. The minimum atomic E-state index is -3.65. The highest BCUT2D eigenvalue weighted by Crippen LogP contribution is 2.31. The summed E-state index contributed by atoms with van der Waals surface area (Å²) in [5.74, 6) is -0.427. The fraction of sp³-hybridized carbons (Fsp3) is 0.636. The molecule has 2 atom stereocenters. The summed E-state index contributed by atoms with van der Waals surface area (Å²) in [5, 5.41) is 8.79. The maximum Gasteiger partial charge on any atom is 0.251 e. The van der Waals surface area contributed by atoms with Crippen molar-refractivity contribution in [3.63, 3.8) is 0 Å². The average Bonchev–Trinajstić information content (AvgIpc) is 2.74. The van der Waals surface area contributed by atoms with Crippen LogP contribution in [0.5, 0.6) is 0 Å². The van der Waals surface area contributed by atoms with E-state index in [1.165, 1.54) is 0 Å². The lowest BCUT2D eigenvalue weighted by Gasteiger charge is -2.19. The van der Waals surface area contributed by atoms with Crippen molar-refractivity contribution >= 4 is 25.1 Å². The van der Waals surface area contributed by atoms with Crippen molar-refractivity contribution < 1.29 is 23.6 Å². The van der Waals surface area contributed by atoms with Gasteiger partial charge in [0.05, 0.1) is 6.61 Å². The fourth-order valence-corrected chi connectivity index (χ4v) is 3.50. The van der Waals surface area contributed by atoms with E-state index in [-0.39, 0.29) is 18.4 Å². The molecule has 3 N–H and O–H groups in total. The Balaban J connectivity index is 2.42. The number of carbonyl (C=O) groups excluding carboxylic acids is 2. The Labute approximate surface area is 186 Å². The lowest BCUT2D eigenvalue weighted by atomic mass is 10.1. The number of nitrogens with one attached hydrogen (secondary N) is 3. The van der Waals surface area contributed by atoms with E-state index in [0.717, 1.165) is 50.9 Å². The smallest absolute Gasteiger partial charge is 0.251 e. The van der Waals surface area contributed by atoms with Crippen molar-refractivity contribution in [3.8, 4) is 0 Å². The quantitative estimate of drug-likeness (QED) is 0.260. The van der Waals surface area contributed by atoms with Crippen LogP contribution in [0.15, 0.2) is 24.3 Å². The van der Waals surface area contributed by atoms with Crippen LogP contribution in [0.3, 0.4) is 0 Å². The molecule has 0 heterocycles. The van der Waals surface area contributed by atoms with E-state index in [0.29, 0.717) is 24.9 Å². The highest BCUT2D eigenvalue weighted by molar-refractivity contribution is 7.50. The molecular weight excluding hydrogens is 417 g/mol. The second-order valence-electron chi connectivity index (χ2n) is 7.66. The van der Waals surface area contributed by atoms with E-state index in [4.69, 9.17) is 4.52 Å². The number of carbonyl (C=O) groups is 2. The molecule has 2 unspecified atom stereocenters. The Bertz CT molecular complexity index is 706. The van der Waals surface area contributed by atoms with E-state index in [1.54, 1.807) is 12.1 Å². The van der Waals surface area contributed by atoms with E-state index >= 15 is 0 Å². The zero-order valence-electron chi connectivity index (χ0n) is 18.9. The third-order valence-corrected chi connectivity index (χ3v) is 5.50. The van der Waals surface area contributed by atoms with Crippen LogP contribution < -0.4 is 20.8 Å². The molecule has 0 saturated heterocycles. The summed E-state index contributed by atoms with van der Waals surface area (Å²) in [6.45, 7) is 3.88. The number of hydrogen-bond donors (Lipinski definition) is 3. The topological polar surface area (TPSA) is 120 Å². The molecule has 1 aromatic rings. The zero-order valence-corrected chi connectivity index (χ0v) is 19.8. The highest BCUT2D eigenvalue weighted by Gasteiger charge is 2.20. The predicted molar refractivity (Wildman–Crippen MR) is 122 cm³/mol. The number of anilines is 1. The Kier molecular flexibility index (Phi) is 13.1. The number of benzene rings is 1. The van der Waals surface area contributed by atoms with Crippen molar-refractivity contribution in [1.29, 1.82) is 0 Å². The molecule has 0 aromatic heterocycles. The summed E-state index contributed by atoms with van der Waals surface area (Å²) >= 11 is 0. The number of hydrogen-bond acceptors (Lipinski definition) is 6. The first-order valence-electron chi connectivity index (χ1n) is 11.1. The Morgan fingerprint density at radius 2 is 1.74 bits per heavy atom. The van der Waals surface area contributed by atoms with Gasteiger partial charge in [-0.2, -0.15) is 0 Å². The van der Waals surface area contributed by atoms with Gasteiger partial charge in [-0.1, -0.05) is 39.0 Å². The van der Waals surface area contributed by atoms with E-state index < -0.39 is 13.6 Å². The molecule has 31 heavy (non-hydrogen) atoms. The van der Waals surface area contributed by atoms with Gasteiger partial charge >= 0.3 is 0 Å². The van der Waals surface area contributed by atoms with Crippen molar-refractivity contribution in [3.05, 3.63) is 29.8 Å². The number of amides is 2. The first-order chi connectivity index (χ1) is 14.8. The Morgan fingerprint density at radius 3 is 2.35 bits per heavy atom. The first-order valence-corrected chi connectivity index (χ1v) is 13.0. The molecule has 0 spiro atoms. The number of unbranched alkanes of at least 4 members (excludes halogenated alkanes) is 5. The normalized spacial score (nSPS) is 13.8. The van der Waals surface area contributed by atoms with Gasteiger partial charge in [-0.05, 0) is 43.5 Å². The van der Waals surface area contributed by atoms with Crippen molar-refractivity contribution in [2.75, 3.05) is 32.2 Å². The molecule has 0 saturated carbocycles. The van der Waals surface area contributed by atoms with Crippen LogP contribution in [0.1, 0.15) is 68.6 Å². The third kappa shape index (κ3) is 12.5. The van der Waals surface area contributed by atoms with Crippen molar-refractivity contribution in [1.82, 2.24) is 10.6 Å². The molecule has 0 aliphatic carbocycles. The second-order valence-corrected chi connectivity index (χ2v) is 9.46. The van der Waals surface area contributed by atoms with Gasteiger partial charge in [-0.15, -0.1) is 0 Å². The van der Waals surface area contributed by atoms with E-state index in [1.807, 2.05) is 19.2 Å². The van der Waals surface area contributed by atoms with Gasteiger partial charge < -0.3 is 29.9 Å². The molecule has 9 heteroatoms. The van der Waals surface area contributed by atoms with Gasteiger partial charge in [0, 0.05) is 31.5 Å². The fourth-order valence-electron chi connectivity index (χ4n) is 3.04. The van der Waals surface area contributed by atoms with Crippen LogP contribution in [-0.2, 0) is 13.9 Å². The lowest BCUT2D eigenvalue weighted by Crippen LogP contribution is -2.47. The van der Waals surface area contributed by atoms with E-state index in [2.05, 4.69) is 22.9 Å². The van der Waals surface area contributed by atoms with Crippen LogP contribution >= 0.6 is 7.60 Å². The SMILES string of the molecule is CCCCCC(NC(=O)c1ccc(NC)cc1)C(=O)NCCCCCCOP(C)(=O)[O-]. The molecule has 2 amide bonds. The summed E-state index contributed by atoms with van der Waals surface area (Å²) in [4.78, 5) is 36.1. The summed E-state index contributed by atoms with van der Waals surface area (Å²) in [6, 6.07) is 6.55. The molecular formula is C22H37N3O5P-. The Hall–Kier alpha value is -1.89. The monoisotopic (exact) mass is 454 g/mol. The van der Waals surface area contributed by atoms with Gasteiger partial charge in [-0.25, -0.2) is 0 Å². The first kappa shape index (κ1) is 27.1. The minimum absolute atomic E-state index is 0.169. The molecule has 176 valence electrons. The molecule has 0 aliphatic heterocycles. The van der Waals surface area contributed by atoms with Gasteiger partial charge in [0.15, 0.2) is 0 Å². The molecule has 0 radical (unpaired) electrons. The molecule has 0 fully saturated rings. The van der Waals surface area contributed by atoms with Gasteiger partial charge in [0.2, 0.25) is 5.91 Å². The number of rotatable bonds is 16. The molecule has 0 aliphatic rings. The maximum absolute atomic E-state index is 12.6.